The van der Waals surface area contributed by atoms with Crippen LogP contribution in [0.1, 0.15) is 18.4 Å². The van der Waals surface area contributed by atoms with E-state index in [9.17, 15) is 0 Å². The summed E-state index contributed by atoms with van der Waals surface area (Å²) < 4.78 is 5.40. The van der Waals surface area contributed by atoms with Crippen LogP contribution in [0.25, 0.3) is 0 Å². The highest BCUT2D eigenvalue weighted by molar-refractivity contribution is 5.57. The molecule has 1 aliphatic rings. The second kappa shape index (κ2) is 5.51. The van der Waals surface area contributed by atoms with Crippen molar-refractivity contribution in [3.8, 4) is 6.07 Å². The number of nitrogens with one attached hydrogen (secondary N) is 1. The molecule has 0 saturated carbocycles. The van der Waals surface area contributed by atoms with Gasteiger partial charge in [-0.05, 0) is 24.8 Å². The van der Waals surface area contributed by atoms with E-state index in [1.165, 1.54) is 0 Å². The van der Waals surface area contributed by atoms with E-state index in [1.807, 2.05) is 0 Å². The van der Waals surface area contributed by atoms with Crippen molar-refractivity contribution >= 4 is 11.5 Å². The van der Waals surface area contributed by atoms with Gasteiger partial charge in [-0.3, -0.25) is 0 Å². The van der Waals surface area contributed by atoms with Gasteiger partial charge in [-0.1, -0.05) is 0 Å². The number of rotatable bonds is 3. The molecule has 2 heterocycles. The zero-order valence-corrected chi connectivity index (χ0v) is 9.65. The van der Waals surface area contributed by atoms with E-state index in [1.54, 1.807) is 12.3 Å². The molecule has 1 unspecified atom stereocenters. The standard InChI is InChI=1S/C12H16N4O/c13-5-10-4-11(14)7-16-12(10)15-6-9-2-1-3-17-8-9/h4,7,9H,1-3,6,8,14H2,(H,15,16). The van der Waals surface area contributed by atoms with Gasteiger partial charge >= 0.3 is 0 Å². The maximum absolute atomic E-state index is 8.97. The normalized spacial score (nSPS) is 19.6. The van der Waals surface area contributed by atoms with Crippen LogP contribution in [0.15, 0.2) is 12.3 Å². The van der Waals surface area contributed by atoms with Gasteiger partial charge in [0.25, 0.3) is 0 Å². The fraction of sp³-hybridized carbons (Fsp3) is 0.500. The van der Waals surface area contributed by atoms with E-state index in [0.717, 1.165) is 32.6 Å². The molecule has 1 fully saturated rings. The molecule has 2 rings (SSSR count). The number of hydrogen-bond acceptors (Lipinski definition) is 5. The lowest BCUT2D eigenvalue weighted by Crippen LogP contribution is -2.24. The minimum absolute atomic E-state index is 0.488. The largest absolute Gasteiger partial charge is 0.397 e. The molecule has 1 aromatic heterocycles. The Morgan fingerprint density at radius 1 is 1.65 bits per heavy atom. The topological polar surface area (TPSA) is 84.0 Å². The van der Waals surface area contributed by atoms with Gasteiger partial charge in [0.2, 0.25) is 0 Å². The first-order valence-electron chi connectivity index (χ1n) is 5.77. The highest BCUT2D eigenvalue weighted by atomic mass is 16.5. The van der Waals surface area contributed by atoms with Gasteiger partial charge in [0.15, 0.2) is 0 Å². The lowest BCUT2D eigenvalue weighted by atomic mass is 10.0. The third kappa shape index (κ3) is 3.08. The second-order valence-corrected chi connectivity index (χ2v) is 4.24. The van der Waals surface area contributed by atoms with Crippen molar-refractivity contribution in [1.82, 2.24) is 4.98 Å². The van der Waals surface area contributed by atoms with E-state index in [4.69, 9.17) is 15.7 Å². The summed E-state index contributed by atoms with van der Waals surface area (Å²) in [5.41, 5.74) is 6.58. The Hall–Kier alpha value is -1.80. The molecule has 1 atom stereocenters. The summed E-state index contributed by atoms with van der Waals surface area (Å²) in [4.78, 5) is 4.13. The molecule has 3 N–H and O–H groups in total. The number of nitrogens with zero attached hydrogens (tertiary/aromatic N) is 2. The van der Waals surface area contributed by atoms with Crippen LogP contribution < -0.4 is 11.1 Å². The smallest absolute Gasteiger partial charge is 0.144 e. The van der Waals surface area contributed by atoms with Crippen molar-refractivity contribution in [3.63, 3.8) is 0 Å². The fourth-order valence-electron chi connectivity index (χ4n) is 1.92. The second-order valence-electron chi connectivity index (χ2n) is 4.24. The minimum Gasteiger partial charge on any atom is -0.397 e. The zero-order valence-electron chi connectivity index (χ0n) is 9.65. The van der Waals surface area contributed by atoms with E-state index in [-0.39, 0.29) is 0 Å². The molecule has 17 heavy (non-hydrogen) atoms. The minimum atomic E-state index is 0.488. The molecule has 1 aliphatic heterocycles. The molecule has 0 radical (unpaired) electrons. The van der Waals surface area contributed by atoms with Gasteiger partial charge in [0, 0.05) is 13.2 Å². The van der Waals surface area contributed by atoms with Crippen LogP contribution in [0.3, 0.4) is 0 Å². The van der Waals surface area contributed by atoms with Gasteiger partial charge in [0.05, 0.1) is 24.1 Å². The molecule has 0 bridgehead atoms. The number of nitrogens with two attached hydrogens (primary N) is 1. The highest BCUT2D eigenvalue weighted by Gasteiger charge is 2.14. The Labute approximate surface area is 101 Å². The van der Waals surface area contributed by atoms with Crippen LogP contribution in [0.4, 0.5) is 11.5 Å². The van der Waals surface area contributed by atoms with Gasteiger partial charge in [-0.2, -0.15) is 5.26 Å². The first kappa shape index (κ1) is 11.7. The third-order valence-electron chi connectivity index (χ3n) is 2.84. The number of pyridine rings is 1. The Morgan fingerprint density at radius 2 is 2.53 bits per heavy atom. The number of nitriles is 1. The van der Waals surface area contributed by atoms with Gasteiger partial charge in [0.1, 0.15) is 11.9 Å². The van der Waals surface area contributed by atoms with E-state index in [2.05, 4.69) is 16.4 Å². The first-order chi connectivity index (χ1) is 8.29. The van der Waals surface area contributed by atoms with Gasteiger partial charge < -0.3 is 15.8 Å². The third-order valence-corrected chi connectivity index (χ3v) is 2.84. The van der Waals surface area contributed by atoms with Crippen molar-refractivity contribution in [1.29, 1.82) is 5.26 Å². The Bertz CT molecular complexity index is 421. The molecule has 0 aromatic carbocycles. The monoisotopic (exact) mass is 232 g/mol. The summed E-state index contributed by atoms with van der Waals surface area (Å²) in [6, 6.07) is 3.72. The summed E-state index contributed by atoms with van der Waals surface area (Å²) in [6.07, 6.45) is 3.82. The predicted molar refractivity (Wildman–Crippen MR) is 65.4 cm³/mol. The van der Waals surface area contributed by atoms with Crippen LogP contribution in [-0.2, 0) is 4.74 Å². The quantitative estimate of drug-likeness (QED) is 0.822. The number of hydrogen-bond donors (Lipinski definition) is 2. The molecule has 1 aromatic rings. The van der Waals surface area contributed by atoms with Gasteiger partial charge in [-0.15, -0.1) is 0 Å². The van der Waals surface area contributed by atoms with Crippen molar-refractivity contribution < 1.29 is 4.74 Å². The summed E-state index contributed by atoms with van der Waals surface area (Å²) >= 11 is 0. The molecular weight excluding hydrogens is 216 g/mol. The van der Waals surface area contributed by atoms with Crippen molar-refractivity contribution in [2.24, 2.45) is 5.92 Å². The molecule has 0 spiro atoms. The van der Waals surface area contributed by atoms with Crippen LogP contribution in [0.5, 0.6) is 0 Å². The van der Waals surface area contributed by atoms with E-state index < -0.39 is 0 Å². The lowest BCUT2D eigenvalue weighted by molar-refractivity contribution is 0.0595. The van der Waals surface area contributed by atoms with Gasteiger partial charge in [-0.25, -0.2) is 4.98 Å². The summed E-state index contributed by atoms with van der Waals surface area (Å²) in [7, 11) is 0. The molecule has 0 aliphatic carbocycles. The number of ether oxygens (including phenoxy) is 1. The Morgan fingerprint density at radius 3 is 3.24 bits per heavy atom. The maximum atomic E-state index is 8.97. The van der Waals surface area contributed by atoms with Crippen molar-refractivity contribution in [2.45, 2.75) is 12.8 Å². The maximum Gasteiger partial charge on any atom is 0.144 e. The van der Waals surface area contributed by atoms with Crippen LogP contribution >= 0.6 is 0 Å². The first-order valence-corrected chi connectivity index (χ1v) is 5.77. The molecule has 5 heteroatoms. The summed E-state index contributed by atoms with van der Waals surface area (Å²) in [5.74, 6) is 1.10. The summed E-state index contributed by atoms with van der Waals surface area (Å²) in [5, 5.41) is 12.2. The Balaban J connectivity index is 1.96. The molecule has 1 saturated heterocycles. The number of nitrogen functional groups attached to an aromatic ring is 1. The van der Waals surface area contributed by atoms with Crippen LogP contribution in [0, 0.1) is 17.2 Å². The molecule has 5 nitrogen and oxygen atoms in total. The highest BCUT2D eigenvalue weighted by Crippen LogP contribution is 2.17. The summed E-state index contributed by atoms with van der Waals surface area (Å²) in [6.45, 7) is 2.43. The average Bonchev–Trinajstić information content (AvgIpc) is 2.38. The zero-order chi connectivity index (χ0) is 12.1. The molecule has 90 valence electrons. The number of aromatic nitrogens is 1. The SMILES string of the molecule is N#Cc1cc(N)cnc1NCC1CCCOC1. The average molecular weight is 232 g/mol. The van der Waals surface area contributed by atoms with Crippen molar-refractivity contribution in [2.75, 3.05) is 30.8 Å². The predicted octanol–water partition coefficient (Wildman–Crippen LogP) is 1.37. The Kier molecular flexibility index (Phi) is 3.78. The lowest BCUT2D eigenvalue weighted by Gasteiger charge is -2.22. The van der Waals surface area contributed by atoms with E-state index >= 15 is 0 Å². The van der Waals surface area contributed by atoms with E-state index in [0.29, 0.717) is 23.0 Å². The van der Waals surface area contributed by atoms with Crippen molar-refractivity contribution in [3.05, 3.63) is 17.8 Å². The number of anilines is 2. The fourth-order valence-corrected chi connectivity index (χ4v) is 1.92. The molecule has 0 amide bonds. The molecular formula is C12H16N4O. The van der Waals surface area contributed by atoms with Crippen LogP contribution in [-0.4, -0.2) is 24.7 Å². The van der Waals surface area contributed by atoms with Crippen LogP contribution in [0.2, 0.25) is 0 Å².